The molecule has 2 unspecified atom stereocenters. The fraction of sp³-hybridized carbons (Fsp3) is 0.923. The van der Waals surface area contributed by atoms with Crippen LogP contribution in [0.3, 0.4) is 0 Å². The molecule has 3 heteroatoms. The molecule has 0 saturated carbocycles. The van der Waals surface area contributed by atoms with Crippen LogP contribution in [0.25, 0.3) is 0 Å². The van der Waals surface area contributed by atoms with E-state index in [-0.39, 0.29) is 18.0 Å². The normalized spacial score (nSPS) is 14.9. The van der Waals surface area contributed by atoms with E-state index in [4.69, 9.17) is 5.73 Å². The summed E-state index contributed by atoms with van der Waals surface area (Å²) in [7, 11) is 0. The fourth-order valence-corrected chi connectivity index (χ4v) is 1.70. The maximum absolute atomic E-state index is 11.6. The third-order valence-electron chi connectivity index (χ3n) is 2.69. The number of hydrogen-bond acceptors (Lipinski definition) is 2. The monoisotopic (exact) mass is 228 g/mol. The van der Waals surface area contributed by atoms with E-state index in [1.165, 1.54) is 0 Å². The predicted molar refractivity (Wildman–Crippen MR) is 69.2 cm³/mol. The summed E-state index contributed by atoms with van der Waals surface area (Å²) in [4.78, 5) is 11.6. The van der Waals surface area contributed by atoms with E-state index in [1.807, 2.05) is 0 Å². The molecule has 0 aromatic heterocycles. The number of carbonyl (C=O) groups is 1. The van der Waals surface area contributed by atoms with Gasteiger partial charge in [-0.05, 0) is 32.1 Å². The quantitative estimate of drug-likeness (QED) is 0.670. The second kappa shape index (κ2) is 8.57. The van der Waals surface area contributed by atoms with Crippen molar-refractivity contribution in [2.24, 2.45) is 11.7 Å². The highest BCUT2D eigenvalue weighted by atomic mass is 16.1. The van der Waals surface area contributed by atoms with Gasteiger partial charge in [-0.2, -0.15) is 0 Å². The molecule has 2 atom stereocenters. The summed E-state index contributed by atoms with van der Waals surface area (Å²) in [6, 6.07) is 0.283. The minimum atomic E-state index is 0.0160. The van der Waals surface area contributed by atoms with Gasteiger partial charge >= 0.3 is 0 Å². The van der Waals surface area contributed by atoms with Crippen molar-refractivity contribution in [2.75, 3.05) is 0 Å². The van der Waals surface area contributed by atoms with Crippen molar-refractivity contribution in [3.63, 3.8) is 0 Å². The highest BCUT2D eigenvalue weighted by molar-refractivity contribution is 5.76. The molecule has 0 heterocycles. The van der Waals surface area contributed by atoms with Gasteiger partial charge in [0.15, 0.2) is 0 Å². The van der Waals surface area contributed by atoms with Crippen LogP contribution in [-0.4, -0.2) is 18.0 Å². The molecular formula is C13H28N2O. The van der Waals surface area contributed by atoms with Crippen molar-refractivity contribution in [1.82, 2.24) is 5.32 Å². The van der Waals surface area contributed by atoms with Crippen LogP contribution in [0.4, 0.5) is 0 Å². The molecule has 0 rings (SSSR count). The van der Waals surface area contributed by atoms with Gasteiger partial charge in [0.05, 0.1) is 0 Å². The van der Waals surface area contributed by atoms with Gasteiger partial charge < -0.3 is 11.1 Å². The van der Waals surface area contributed by atoms with E-state index in [1.54, 1.807) is 0 Å². The van der Waals surface area contributed by atoms with Crippen LogP contribution in [0.5, 0.6) is 0 Å². The highest BCUT2D eigenvalue weighted by Crippen LogP contribution is 2.07. The summed E-state index contributed by atoms with van der Waals surface area (Å²) in [6.45, 7) is 8.55. The Bertz CT molecular complexity index is 192. The molecule has 0 fully saturated rings. The van der Waals surface area contributed by atoms with Gasteiger partial charge in [-0.15, -0.1) is 0 Å². The van der Waals surface area contributed by atoms with Crippen molar-refractivity contribution >= 4 is 5.91 Å². The average molecular weight is 228 g/mol. The molecular weight excluding hydrogens is 200 g/mol. The van der Waals surface area contributed by atoms with Crippen molar-refractivity contribution in [3.05, 3.63) is 0 Å². The molecule has 0 aliphatic heterocycles. The molecule has 16 heavy (non-hydrogen) atoms. The highest BCUT2D eigenvalue weighted by Gasteiger charge is 2.11. The molecule has 3 N–H and O–H groups in total. The molecule has 0 aliphatic rings. The summed E-state index contributed by atoms with van der Waals surface area (Å²) in [5, 5.41) is 3.01. The van der Waals surface area contributed by atoms with Crippen molar-refractivity contribution in [1.29, 1.82) is 0 Å². The molecule has 0 bridgehead atoms. The molecule has 0 aliphatic carbocycles. The summed E-state index contributed by atoms with van der Waals surface area (Å²) in [5.41, 5.74) is 5.82. The Labute approximate surface area is 100 Å². The SMILES string of the molecule is CCCC(N)CC(=O)NC(C)CCC(C)C. The van der Waals surface area contributed by atoms with E-state index in [0.717, 1.165) is 25.7 Å². The summed E-state index contributed by atoms with van der Waals surface area (Å²) in [5.74, 6) is 0.791. The van der Waals surface area contributed by atoms with E-state index in [2.05, 4.69) is 33.0 Å². The molecule has 0 saturated heterocycles. The fourth-order valence-electron chi connectivity index (χ4n) is 1.70. The zero-order valence-electron chi connectivity index (χ0n) is 11.3. The number of amides is 1. The first-order chi connectivity index (χ1) is 7.45. The summed E-state index contributed by atoms with van der Waals surface area (Å²) in [6.07, 6.45) is 4.62. The molecule has 0 aromatic carbocycles. The minimum Gasteiger partial charge on any atom is -0.354 e. The molecule has 96 valence electrons. The number of nitrogens with two attached hydrogens (primary N) is 1. The Morgan fingerprint density at radius 2 is 1.81 bits per heavy atom. The zero-order valence-corrected chi connectivity index (χ0v) is 11.3. The van der Waals surface area contributed by atoms with Gasteiger partial charge in [0, 0.05) is 18.5 Å². The van der Waals surface area contributed by atoms with Crippen LogP contribution in [0.2, 0.25) is 0 Å². The maximum atomic E-state index is 11.6. The predicted octanol–water partition coefficient (Wildman–Crippen LogP) is 2.44. The maximum Gasteiger partial charge on any atom is 0.221 e. The number of carbonyl (C=O) groups excluding carboxylic acids is 1. The molecule has 0 radical (unpaired) electrons. The Hall–Kier alpha value is -0.570. The first-order valence-electron chi connectivity index (χ1n) is 6.50. The van der Waals surface area contributed by atoms with Crippen LogP contribution < -0.4 is 11.1 Å². The lowest BCUT2D eigenvalue weighted by atomic mass is 10.0. The van der Waals surface area contributed by atoms with E-state index < -0.39 is 0 Å². The lowest BCUT2D eigenvalue weighted by molar-refractivity contribution is -0.122. The molecule has 0 spiro atoms. The third-order valence-corrected chi connectivity index (χ3v) is 2.69. The lowest BCUT2D eigenvalue weighted by Crippen LogP contribution is -2.36. The van der Waals surface area contributed by atoms with Gasteiger partial charge in [0.2, 0.25) is 5.91 Å². The van der Waals surface area contributed by atoms with E-state index in [0.29, 0.717) is 12.3 Å². The van der Waals surface area contributed by atoms with E-state index in [9.17, 15) is 4.79 Å². The Morgan fingerprint density at radius 3 is 2.31 bits per heavy atom. The molecule has 0 aromatic rings. The first kappa shape index (κ1) is 15.4. The van der Waals surface area contributed by atoms with Crippen molar-refractivity contribution < 1.29 is 4.79 Å². The Balaban J connectivity index is 3.69. The van der Waals surface area contributed by atoms with Crippen LogP contribution in [0.15, 0.2) is 0 Å². The zero-order chi connectivity index (χ0) is 12.6. The summed E-state index contributed by atoms with van der Waals surface area (Å²) >= 11 is 0. The van der Waals surface area contributed by atoms with Gasteiger partial charge in [0.25, 0.3) is 0 Å². The van der Waals surface area contributed by atoms with Gasteiger partial charge in [-0.3, -0.25) is 4.79 Å². The topological polar surface area (TPSA) is 55.1 Å². The number of hydrogen-bond donors (Lipinski definition) is 2. The standard InChI is InChI=1S/C13H28N2O/c1-5-6-12(14)9-13(16)15-11(4)8-7-10(2)3/h10-12H,5-9,14H2,1-4H3,(H,15,16). The first-order valence-corrected chi connectivity index (χ1v) is 6.50. The number of rotatable bonds is 8. The molecule has 3 nitrogen and oxygen atoms in total. The molecule has 1 amide bonds. The lowest BCUT2D eigenvalue weighted by Gasteiger charge is -2.16. The van der Waals surface area contributed by atoms with E-state index >= 15 is 0 Å². The van der Waals surface area contributed by atoms with Crippen molar-refractivity contribution in [2.45, 2.75) is 71.9 Å². The number of nitrogens with one attached hydrogen (secondary N) is 1. The van der Waals surface area contributed by atoms with Crippen LogP contribution in [-0.2, 0) is 4.79 Å². The largest absolute Gasteiger partial charge is 0.354 e. The van der Waals surface area contributed by atoms with Gasteiger partial charge in [0.1, 0.15) is 0 Å². The van der Waals surface area contributed by atoms with Crippen molar-refractivity contribution in [3.8, 4) is 0 Å². The average Bonchev–Trinajstić information content (AvgIpc) is 2.14. The Kier molecular flexibility index (Phi) is 8.26. The second-order valence-electron chi connectivity index (χ2n) is 5.19. The van der Waals surface area contributed by atoms with Gasteiger partial charge in [-0.1, -0.05) is 27.2 Å². The van der Waals surface area contributed by atoms with Crippen LogP contribution in [0.1, 0.15) is 59.8 Å². The summed E-state index contributed by atoms with van der Waals surface area (Å²) < 4.78 is 0. The smallest absolute Gasteiger partial charge is 0.221 e. The van der Waals surface area contributed by atoms with Gasteiger partial charge in [-0.25, -0.2) is 0 Å². The van der Waals surface area contributed by atoms with Crippen LogP contribution in [0, 0.1) is 5.92 Å². The minimum absolute atomic E-state index is 0.0160. The Morgan fingerprint density at radius 1 is 1.19 bits per heavy atom. The second-order valence-corrected chi connectivity index (χ2v) is 5.19. The third kappa shape index (κ3) is 8.72. The van der Waals surface area contributed by atoms with Crippen LogP contribution >= 0.6 is 0 Å².